The van der Waals surface area contributed by atoms with Gasteiger partial charge in [0.15, 0.2) is 11.5 Å². The monoisotopic (exact) mass is 472 g/mol. The van der Waals surface area contributed by atoms with Crippen molar-refractivity contribution in [3.63, 3.8) is 0 Å². The summed E-state index contributed by atoms with van der Waals surface area (Å²) in [5.74, 6) is 3.12. The molecular formula is C26H24N4O3S. The summed E-state index contributed by atoms with van der Waals surface area (Å²) in [6, 6.07) is 18.1. The highest BCUT2D eigenvalue weighted by Crippen LogP contribution is 2.38. The molecule has 0 radical (unpaired) electrons. The van der Waals surface area contributed by atoms with Crippen LogP contribution in [0.2, 0.25) is 0 Å². The largest absolute Gasteiger partial charge is 0.454 e. The number of aryl methyl sites for hydroxylation is 1. The van der Waals surface area contributed by atoms with Crippen LogP contribution in [0.15, 0.2) is 54.6 Å². The minimum atomic E-state index is -0.0394. The van der Waals surface area contributed by atoms with E-state index in [-0.39, 0.29) is 18.6 Å². The van der Waals surface area contributed by atoms with Crippen LogP contribution in [0.3, 0.4) is 0 Å². The number of carbonyl (C=O) groups excluding carboxylic acids is 1. The average molecular weight is 473 g/mol. The molecule has 1 fully saturated rings. The Bertz CT molecular complexity index is 1360. The van der Waals surface area contributed by atoms with Crippen LogP contribution in [0.25, 0.3) is 20.7 Å². The van der Waals surface area contributed by atoms with Gasteiger partial charge in [0.2, 0.25) is 12.7 Å². The van der Waals surface area contributed by atoms with E-state index in [1.807, 2.05) is 31.2 Å². The smallest absolute Gasteiger partial charge is 0.231 e. The Kier molecular flexibility index (Phi) is 5.30. The van der Waals surface area contributed by atoms with Gasteiger partial charge in [0, 0.05) is 35.6 Å². The van der Waals surface area contributed by atoms with E-state index in [0.29, 0.717) is 11.5 Å². The highest BCUT2D eigenvalue weighted by molar-refractivity contribution is 7.21. The molecule has 2 aromatic heterocycles. The zero-order valence-corrected chi connectivity index (χ0v) is 19.6. The summed E-state index contributed by atoms with van der Waals surface area (Å²) in [6.07, 6.45) is 1.55. The maximum atomic E-state index is 12.9. The number of carbonyl (C=O) groups is 1. The van der Waals surface area contributed by atoms with Gasteiger partial charge in [0.25, 0.3) is 0 Å². The number of nitrogens with zero attached hydrogens (tertiary/aromatic N) is 3. The minimum Gasteiger partial charge on any atom is -0.454 e. The lowest BCUT2D eigenvalue weighted by molar-refractivity contribution is -0.120. The fraction of sp³-hybridized carbons (Fsp3) is 0.269. The number of ether oxygens (including phenoxy) is 2. The first-order valence-corrected chi connectivity index (χ1v) is 12.2. The molecule has 1 amide bonds. The number of benzene rings is 2. The lowest BCUT2D eigenvalue weighted by atomic mass is 9.95. The zero-order valence-electron chi connectivity index (χ0n) is 18.8. The Morgan fingerprint density at radius 2 is 1.82 bits per heavy atom. The second-order valence-corrected chi connectivity index (χ2v) is 9.64. The Hall–Kier alpha value is -3.65. The molecule has 0 unspecified atom stereocenters. The van der Waals surface area contributed by atoms with Gasteiger partial charge in [-0.25, -0.2) is 9.97 Å². The molecule has 2 aliphatic rings. The molecule has 34 heavy (non-hydrogen) atoms. The molecule has 8 heteroatoms. The zero-order chi connectivity index (χ0) is 23.1. The molecule has 0 atom stereocenters. The first kappa shape index (κ1) is 20.9. The van der Waals surface area contributed by atoms with E-state index < -0.39 is 0 Å². The molecule has 0 saturated carbocycles. The number of aromatic nitrogens is 2. The van der Waals surface area contributed by atoms with Crippen molar-refractivity contribution in [2.45, 2.75) is 19.8 Å². The van der Waals surface area contributed by atoms with Gasteiger partial charge in [0.05, 0.1) is 5.39 Å². The fourth-order valence-corrected chi connectivity index (χ4v) is 5.64. The van der Waals surface area contributed by atoms with Gasteiger partial charge in [-0.15, -0.1) is 11.3 Å². The maximum Gasteiger partial charge on any atom is 0.231 e. The van der Waals surface area contributed by atoms with Gasteiger partial charge in [-0.3, -0.25) is 4.79 Å². The van der Waals surface area contributed by atoms with Crippen LogP contribution in [-0.2, 0) is 4.79 Å². The van der Waals surface area contributed by atoms with E-state index in [9.17, 15) is 4.79 Å². The van der Waals surface area contributed by atoms with Crippen LogP contribution < -0.4 is 19.7 Å². The summed E-state index contributed by atoms with van der Waals surface area (Å²) in [4.78, 5) is 26.9. The third-order valence-corrected chi connectivity index (χ3v) is 7.43. The Morgan fingerprint density at radius 1 is 1.03 bits per heavy atom. The second kappa shape index (κ2) is 8.61. The Balaban J connectivity index is 1.17. The van der Waals surface area contributed by atoms with Gasteiger partial charge >= 0.3 is 0 Å². The minimum absolute atomic E-state index is 0.0394. The Morgan fingerprint density at radius 3 is 2.65 bits per heavy atom. The normalized spacial score (nSPS) is 15.6. The SMILES string of the molecule is Cc1nc(N2CCC(C(=O)Nc3ccc4c(c3)OCO4)CC2)c2cc(-c3ccccc3)sc2n1. The van der Waals surface area contributed by atoms with Crippen LogP contribution >= 0.6 is 11.3 Å². The highest BCUT2D eigenvalue weighted by Gasteiger charge is 2.28. The van der Waals surface area contributed by atoms with E-state index >= 15 is 0 Å². The molecule has 2 aromatic carbocycles. The van der Waals surface area contributed by atoms with Crippen LogP contribution in [0.4, 0.5) is 11.5 Å². The third-order valence-electron chi connectivity index (χ3n) is 6.35. The molecule has 1 N–H and O–H groups in total. The third kappa shape index (κ3) is 3.94. The lowest BCUT2D eigenvalue weighted by Crippen LogP contribution is -2.38. The molecule has 0 aliphatic carbocycles. The average Bonchev–Trinajstić information content (AvgIpc) is 3.51. The van der Waals surface area contributed by atoms with Crippen molar-refractivity contribution in [2.24, 2.45) is 5.92 Å². The molecule has 1 saturated heterocycles. The van der Waals surface area contributed by atoms with Crippen LogP contribution in [0.5, 0.6) is 11.5 Å². The number of hydrogen-bond acceptors (Lipinski definition) is 7. The van der Waals surface area contributed by atoms with Crippen molar-refractivity contribution in [2.75, 3.05) is 30.1 Å². The molecule has 4 heterocycles. The summed E-state index contributed by atoms with van der Waals surface area (Å²) >= 11 is 1.70. The van der Waals surface area contributed by atoms with Crippen molar-refractivity contribution in [1.82, 2.24) is 9.97 Å². The maximum absolute atomic E-state index is 12.9. The fourth-order valence-electron chi connectivity index (χ4n) is 4.57. The van der Waals surface area contributed by atoms with Crippen LogP contribution in [0.1, 0.15) is 18.7 Å². The first-order valence-electron chi connectivity index (χ1n) is 11.4. The predicted molar refractivity (Wildman–Crippen MR) is 134 cm³/mol. The summed E-state index contributed by atoms with van der Waals surface area (Å²) in [5.41, 5.74) is 1.92. The number of rotatable bonds is 4. The van der Waals surface area contributed by atoms with Crippen molar-refractivity contribution in [3.8, 4) is 21.9 Å². The van der Waals surface area contributed by atoms with E-state index in [2.05, 4.69) is 45.5 Å². The number of hydrogen-bond donors (Lipinski definition) is 1. The molecule has 172 valence electrons. The quantitative estimate of drug-likeness (QED) is 0.437. The molecule has 6 rings (SSSR count). The van der Waals surface area contributed by atoms with E-state index in [1.165, 1.54) is 10.4 Å². The van der Waals surface area contributed by atoms with Crippen LogP contribution in [0, 0.1) is 12.8 Å². The number of fused-ring (bicyclic) bond motifs is 2. The van der Waals surface area contributed by atoms with E-state index in [1.54, 1.807) is 11.3 Å². The molecule has 2 aliphatic heterocycles. The highest BCUT2D eigenvalue weighted by atomic mass is 32.1. The number of piperidine rings is 1. The molecular weight excluding hydrogens is 448 g/mol. The van der Waals surface area contributed by atoms with E-state index in [0.717, 1.165) is 53.5 Å². The molecule has 7 nitrogen and oxygen atoms in total. The summed E-state index contributed by atoms with van der Waals surface area (Å²) in [7, 11) is 0. The number of amides is 1. The molecule has 0 bridgehead atoms. The van der Waals surface area contributed by atoms with Gasteiger partial charge in [-0.2, -0.15) is 0 Å². The van der Waals surface area contributed by atoms with E-state index in [4.69, 9.17) is 14.5 Å². The van der Waals surface area contributed by atoms with Crippen molar-refractivity contribution in [3.05, 3.63) is 60.4 Å². The van der Waals surface area contributed by atoms with Crippen molar-refractivity contribution < 1.29 is 14.3 Å². The van der Waals surface area contributed by atoms with Gasteiger partial charge in [-0.05, 0) is 43.5 Å². The van der Waals surface area contributed by atoms with Gasteiger partial charge in [-0.1, -0.05) is 30.3 Å². The molecule has 4 aromatic rings. The Labute approximate surface area is 201 Å². The first-order chi connectivity index (χ1) is 16.6. The number of nitrogens with one attached hydrogen (secondary N) is 1. The second-order valence-electron chi connectivity index (χ2n) is 8.61. The molecule has 0 spiro atoms. The van der Waals surface area contributed by atoms with Crippen molar-refractivity contribution >= 4 is 39.0 Å². The predicted octanol–water partition coefficient (Wildman–Crippen LogP) is 5.25. The standard InChI is InChI=1S/C26H24N4O3S/c1-16-27-24(20-14-23(34-26(20)28-16)17-5-3-2-4-6-17)30-11-9-18(10-12-30)25(31)29-19-7-8-21-22(13-19)33-15-32-21/h2-8,13-14,18H,9-12,15H2,1H3,(H,29,31). The summed E-state index contributed by atoms with van der Waals surface area (Å²) in [5, 5.41) is 4.12. The number of anilines is 2. The summed E-state index contributed by atoms with van der Waals surface area (Å²) in [6.45, 7) is 3.72. The van der Waals surface area contributed by atoms with Gasteiger partial charge in [0.1, 0.15) is 16.5 Å². The van der Waals surface area contributed by atoms with Gasteiger partial charge < -0.3 is 19.7 Å². The lowest BCUT2D eigenvalue weighted by Gasteiger charge is -2.32. The van der Waals surface area contributed by atoms with Crippen molar-refractivity contribution in [1.29, 1.82) is 0 Å². The van der Waals surface area contributed by atoms with Crippen LogP contribution in [-0.4, -0.2) is 35.8 Å². The topological polar surface area (TPSA) is 76.6 Å². The number of thiophene rings is 1. The summed E-state index contributed by atoms with van der Waals surface area (Å²) < 4.78 is 10.8.